The van der Waals surface area contributed by atoms with Crippen molar-refractivity contribution < 1.29 is 33.8 Å². The topological polar surface area (TPSA) is 125 Å². The molecule has 5 rings (SSSR count). The quantitative estimate of drug-likeness (QED) is 0.0839. The van der Waals surface area contributed by atoms with E-state index in [1.165, 1.54) is 0 Å². The van der Waals surface area contributed by atoms with Crippen LogP contribution in [0.1, 0.15) is 74.7 Å². The molecule has 11 heteroatoms. The van der Waals surface area contributed by atoms with Gasteiger partial charge >= 0.3 is 5.97 Å². The number of aliphatic hydroxyl groups is 1. The molecule has 2 aromatic rings. The zero-order valence-corrected chi connectivity index (χ0v) is 32.1. The van der Waals surface area contributed by atoms with E-state index in [2.05, 4.69) is 34.4 Å². The van der Waals surface area contributed by atoms with E-state index in [4.69, 9.17) is 9.47 Å². The van der Waals surface area contributed by atoms with E-state index in [9.17, 15) is 19.5 Å². The van der Waals surface area contributed by atoms with Crippen LogP contribution >= 0.6 is 15.9 Å². The number of fused-ring (bicyclic) bond motifs is 1. The zero-order chi connectivity index (χ0) is 37.6. The molecule has 2 bridgehead atoms. The van der Waals surface area contributed by atoms with Crippen molar-refractivity contribution in [1.82, 2.24) is 10.2 Å². The number of likely N-dealkylation sites (tertiary alicyclic amines) is 1. The molecule has 3 saturated heterocycles. The molecule has 2 N–H and O–H groups in total. The van der Waals surface area contributed by atoms with Gasteiger partial charge in [-0.15, -0.1) is 13.2 Å². The number of ether oxygens (including phenoxy) is 2. The first-order valence-electron chi connectivity index (χ1n) is 18.4. The molecule has 3 amide bonds. The summed E-state index contributed by atoms with van der Waals surface area (Å²) in [6.07, 6.45) is 5.77. The number of para-hydroxylation sites is 1. The highest BCUT2D eigenvalue weighted by molar-refractivity contribution is 9.09. The number of nitrogens with zero attached hydrogens (tertiary/aromatic N) is 2. The molecule has 280 valence electrons. The van der Waals surface area contributed by atoms with Crippen molar-refractivity contribution in [2.24, 2.45) is 11.8 Å². The fourth-order valence-electron chi connectivity index (χ4n) is 8.41. The first-order chi connectivity index (χ1) is 25.0. The summed E-state index contributed by atoms with van der Waals surface area (Å²) in [7, 11) is 0. The van der Waals surface area contributed by atoms with Crippen LogP contribution in [0.3, 0.4) is 0 Å². The number of benzene rings is 2. The lowest BCUT2D eigenvalue weighted by molar-refractivity contribution is -0.162. The van der Waals surface area contributed by atoms with E-state index >= 15 is 4.79 Å². The molecule has 0 aromatic heterocycles. The van der Waals surface area contributed by atoms with Gasteiger partial charge in [0.1, 0.15) is 17.7 Å². The van der Waals surface area contributed by atoms with Crippen molar-refractivity contribution in [1.29, 1.82) is 0 Å². The monoisotopic (exact) mass is 777 g/mol. The summed E-state index contributed by atoms with van der Waals surface area (Å²) in [4.78, 5) is 60.1. The Morgan fingerprint density at radius 2 is 1.77 bits per heavy atom. The van der Waals surface area contributed by atoms with Crippen molar-refractivity contribution >= 4 is 45.3 Å². The van der Waals surface area contributed by atoms with E-state index in [-0.39, 0.29) is 42.1 Å². The number of carbonyl (C=O) groups excluding carboxylic acids is 4. The smallest absolute Gasteiger partial charge is 0.313 e. The maximum absolute atomic E-state index is 15.1. The lowest BCUT2D eigenvalue weighted by Gasteiger charge is -2.38. The summed E-state index contributed by atoms with van der Waals surface area (Å²) in [5, 5.41) is 12.3. The molecular weight excluding hydrogens is 726 g/mol. The van der Waals surface area contributed by atoms with Gasteiger partial charge in [0.2, 0.25) is 11.8 Å². The number of aryl methyl sites for hydroxylation is 2. The number of alkyl halides is 1. The summed E-state index contributed by atoms with van der Waals surface area (Å²) >= 11 is 3.77. The summed E-state index contributed by atoms with van der Waals surface area (Å²) in [5.41, 5.74) is 2.02. The van der Waals surface area contributed by atoms with Gasteiger partial charge in [-0.05, 0) is 63.1 Å². The minimum Gasteiger partial charge on any atom is -0.455 e. The molecule has 3 aliphatic rings. The first-order valence-corrected chi connectivity index (χ1v) is 19.3. The molecule has 52 heavy (non-hydrogen) atoms. The molecule has 3 fully saturated rings. The fraction of sp³-hybridized carbons (Fsp3) is 0.512. The molecular formula is C41H52BrN3O7. The van der Waals surface area contributed by atoms with Gasteiger partial charge in [-0.3, -0.25) is 19.2 Å². The summed E-state index contributed by atoms with van der Waals surface area (Å²) < 4.78 is 13.1. The number of unbranched alkanes of at least 4 members (excludes halogenated alkanes) is 3. The van der Waals surface area contributed by atoms with Crippen LogP contribution in [0.5, 0.6) is 0 Å². The predicted molar refractivity (Wildman–Crippen MR) is 204 cm³/mol. The molecule has 0 aliphatic carbocycles. The van der Waals surface area contributed by atoms with Crippen molar-refractivity contribution in [2.45, 2.75) is 100 Å². The van der Waals surface area contributed by atoms with Crippen LogP contribution in [-0.2, 0) is 28.7 Å². The Morgan fingerprint density at radius 3 is 2.42 bits per heavy atom. The van der Waals surface area contributed by atoms with E-state index in [1.54, 1.807) is 28.9 Å². The molecule has 8 atom stereocenters. The highest BCUT2D eigenvalue weighted by Gasteiger charge is 2.77. The van der Waals surface area contributed by atoms with Gasteiger partial charge in [0.15, 0.2) is 0 Å². The molecule has 2 aromatic carbocycles. The molecule has 3 heterocycles. The van der Waals surface area contributed by atoms with Gasteiger partial charge < -0.3 is 29.7 Å². The molecule has 1 unspecified atom stereocenters. The van der Waals surface area contributed by atoms with Crippen LogP contribution < -0.4 is 10.2 Å². The van der Waals surface area contributed by atoms with Crippen molar-refractivity contribution in [2.75, 3.05) is 24.6 Å². The van der Waals surface area contributed by atoms with Crippen molar-refractivity contribution in [3.63, 3.8) is 0 Å². The van der Waals surface area contributed by atoms with Gasteiger partial charge in [-0.1, -0.05) is 89.5 Å². The summed E-state index contributed by atoms with van der Waals surface area (Å²) in [6, 6.07) is 13.5. The summed E-state index contributed by atoms with van der Waals surface area (Å²) in [6.45, 7) is 13.9. The number of nitrogens with one attached hydrogen (secondary N) is 1. The normalized spacial score (nSPS) is 25.7. The number of hydrogen-bond acceptors (Lipinski definition) is 7. The lowest BCUT2D eigenvalue weighted by Crippen LogP contribution is -2.57. The Balaban J connectivity index is 1.51. The van der Waals surface area contributed by atoms with Crippen molar-refractivity contribution in [3.8, 4) is 0 Å². The second-order valence-electron chi connectivity index (χ2n) is 14.3. The minimum absolute atomic E-state index is 0.0913. The minimum atomic E-state index is -1.27. The van der Waals surface area contributed by atoms with Crippen LogP contribution in [0.4, 0.5) is 5.69 Å². The second-order valence-corrected chi connectivity index (χ2v) is 15.4. The Kier molecular flexibility index (Phi) is 13.1. The number of anilines is 1. The number of amides is 3. The van der Waals surface area contributed by atoms with Crippen molar-refractivity contribution in [3.05, 3.63) is 90.5 Å². The predicted octanol–water partition coefficient (Wildman–Crippen LogP) is 5.88. The molecule has 10 nitrogen and oxygen atoms in total. The molecule has 0 radical (unpaired) electrons. The van der Waals surface area contributed by atoms with Gasteiger partial charge in [0, 0.05) is 36.6 Å². The average Bonchev–Trinajstić information content (AvgIpc) is 3.72. The molecule has 1 spiro atoms. The van der Waals surface area contributed by atoms with E-state index in [0.717, 1.165) is 29.7 Å². The Hall–Kier alpha value is -3.80. The molecule has 0 saturated carbocycles. The Bertz CT molecular complexity index is 1610. The highest BCUT2D eigenvalue weighted by Crippen LogP contribution is 2.60. The Labute approximate surface area is 315 Å². The van der Waals surface area contributed by atoms with Gasteiger partial charge in [-0.2, -0.15) is 0 Å². The van der Waals surface area contributed by atoms with Gasteiger partial charge in [0.05, 0.1) is 24.0 Å². The van der Waals surface area contributed by atoms with Crippen LogP contribution in [-0.4, -0.2) is 82.0 Å². The van der Waals surface area contributed by atoms with Crippen LogP contribution in [0.2, 0.25) is 0 Å². The average molecular weight is 779 g/mol. The number of esters is 1. The number of halogens is 1. The largest absolute Gasteiger partial charge is 0.455 e. The third-order valence-electron chi connectivity index (χ3n) is 10.7. The lowest BCUT2D eigenvalue weighted by atomic mass is 9.70. The van der Waals surface area contributed by atoms with Crippen LogP contribution in [0.25, 0.3) is 0 Å². The second kappa shape index (κ2) is 17.4. The fourth-order valence-corrected chi connectivity index (χ4v) is 9.35. The maximum atomic E-state index is 15.1. The van der Waals surface area contributed by atoms with E-state index in [1.807, 2.05) is 62.4 Å². The first kappa shape index (κ1) is 39.4. The summed E-state index contributed by atoms with van der Waals surface area (Å²) in [5.74, 6) is -3.31. The Morgan fingerprint density at radius 1 is 1.08 bits per heavy atom. The number of rotatable bonds is 18. The number of allylic oxidation sites excluding steroid dienone is 1. The number of carbonyl (C=O) groups is 4. The standard InChI is InChI=1S/C41H52BrN3O7/c1-6-8-21-31(47)43-28(5)35(29-19-12-11-13-20-29)51-40(50)32-33-38(48)45(23-14-9-10-15-24-46)37(41(33)25-30(42)36(32)52-41)39(49)44(22-7-2)34-26(3)17-16-18-27(34)4/h6-7,11-13,16-20,28,30,32-33,35-37,46H,1-2,8-10,14-15,21-25H2,3-5H3,(H,43,47)/t28-,30?,32+,33-,35-,36+,37+,41-/m0/s1. The number of hydrogen-bond donors (Lipinski definition) is 2. The third-order valence-corrected chi connectivity index (χ3v) is 11.5. The van der Waals surface area contributed by atoms with E-state index in [0.29, 0.717) is 37.8 Å². The van der Waals surface area contributed by atoms with E-state index < -0.39 is 47.7 Å². The molecule has 3 aliphatic heterocycles. The third kappa shape index (κ3) is 7.77. The van der Waals surface area contributed by atoms with Crippen LogP contribution in [0.15, 0.2) is 73.8 Å². The van der Waals surface area contributed by atoms with Crippen LogP contribution in [0, 0.1) is 25.7 Å². The van der Waals surface area contributed by atoms with Gasteiger partial charge in [-0.25, -0.2) is 0 Å². The maximum Gasteiger partial charge on any atom is 0.313 e. The highest BCUT2D eigenvalue weighted by atomic mass is 79.9. The zero-order valence-electron chi connectivity index (χ0n) is 30.5. The number of aliphatic hydroxyl groups excluding tert-OH is 1. The van der Waals surface area contributed by atoms with Gasteiger partial charge in [0.25, 0.3) is 5.91 Å². The SMILES string of the molecule is C=CCCC(=O)N[C@@H](C)[C@H](OC(=O)[C@H]1[C@@H]2O[C@@]3(CC2Br)[C@@H]1C(=O)N(CCCCCCO)[C@@H]3C(=O)N(CC=C)c1c(C)cccc1C)c1ccccc1.